The standard InChI is InChI=1S/C22H15Cl2N3O2S/c1-13-20(28)19(14-7-9-15(23)10-8-14)21(25-22(29)18-6-3-11-30-18)27(26-13)17-5-2-4-16(24)12-17/h2-12H,1H3,(H,25,29). The smallest absolute Gasteiger partial charge is 0.266 e. The SMILES string of the molecule is Cc1nn(-c2cccc(Cl)c2)c(NC(=O)c2cccs2)c(-c2ccc(Cl)cc2)c1=O. The first-order chi connectivity index (χ1) is 14.4. The second-order valence-electron chi connectivity index (χ2n) is 6.47. The lowest BCUT2D eigenvalue weighted by atomic mass is 10.1. The quantitative estimate of drug-likeness (QED) is 0.420. The van der Waals surface area contributed by atoms with Gasteiger partial charge in [0.05, 0.1) is 16.1 Å². The van der Waals surface area contributed by atoms with E-state index >= 15 is 0 Å². The average Bonchev–Trinajstić information content (AvgIpc) is 3.27. The summed E-state index contributed by atoms with van der Waals surface area (Å²) in [6.45, 7) is 1.63. The van der Waals surface area contributed by atoms with Crippen molar-refractivity contribution < 1.29 is 4.79 Å². The van der Waals surface area contributed by atoms with Crippen molar-refractivity contribution in [1.29, 1.82) is 0 Å². The van der Waals surface area contributed by atoms with Crippen LogP contribution in [0.25, 0.3) is 16.8 Å². The third kappa shape index (κ3) is 4.03. The number of rotatable bonds is 4. The van der Waals surface area contributed by atoms with Crippen LogP contribution >= 0.6 is 34.5 Å². The molecule has 0 saturated heterocycles. The molecule has 0 spiro atoms. The Kier molecular flexibility index (Phi) is 5.72. The predicted molar refractivity (Wildman–Crippen MR) is 122 cm³/mol. The summed E-state index contributed by atoms with van der Waals surface area (Å²) in [5, 5.41) is 10.2. The normalized spacial score (nSPS) is 10.8. The number of amides is 1. The fraction of sp³-hybridized carbons (Fsp3) is 0.0455. The number of nitrogens with zero attached hydrogens (tertiary/aromatic N) is 2. The Balaban J connectivity index is 1.99. The Morgan fingerprint density at radius 1 is 1.03 bits per heavy atom. The summed E-state index contributed by atoms with van der Waals surface area (Å²) in [4.78, 5) is 26.5. The number of benzene rings is 2. The largest absolute Gasteiger partial charge is 0.305 e. The van der Waals surface area contributed by atoms with E-state index in [1.807, 2.05) is 5.38 Å². The second kappa shape index (κ2) is 8.44. The van der Waals surface area contributed by atoms with Crippen LogP contribution in [-0.2, 0) is 0 Å². The Hall–Kier alpha value is -2.93. The molecule has 0 aliphatic rings. The van der Waals surface area contributed by atoms with Crippen molar-refractivity contribution in [2.45, 2.75) is 6.92 Å². The minimum atomic E-state index is -0.332. The van der Waals surface area contributed by atoms with E-state index < -0.39 is 0 Å². The Labute approximate surface area is 186 Å². The molecule has 0 saturated carbocycles. The summed E-state index contributed by atoms with van der Waals surface area (Å²) in [5.74, 6) is -0.0744. The van der Waals surface area contributed by atoms with Crippen LogP contribution in [0.5, 0.6) is 0 Å². The van der Waals surface area contributed by atoms with Crippen molar-refractivity contribution >= 4 is 46.3 Å². The summed E-state index contributed by atoms with van der Waals surface area (Å²) in [6.07, 6.45) is 0. The first kappa shape index (κ1) is 20.3. The third-order valence-corrected chi connectivity index (χ3v) is 5.77. The van der Waals surface area contributed by atoms with E-state index in [-0.39, 0.29) is 22.8 Å². The van der Waals surface area contributed by atoms with Gasteiger partial charge in [0, 0.05) is 10.0 Å². The highest BCUT2D eigenvalue weighted by Crippen LogP contribution is 2.29. The Morgan fingerprint density at radius 3 is 2.47 bits per heavy atom. The van der Waals surface area contributed by atoms with Crippen LogP contribution in [0.3, 0.4) is 0 Å². The summed E-state index contributed by atoms with van der Waals surface area (Å²) >= 11 is 13.5. The summed E-state index contributed by atoms with van der Waals surface area (Å²) < 4.78 is 1.53. The molecule has 4 aromatic rings. The molecule has 1 amide bonds. The van der Waals surface area contributed by atoms with Gasteiger partial charge in [0.25, 0.3) is 5.91 Å². The molecule has 0 aliphatic heterocycles. The molecule has 30 heavy (non-hydrogen) atoms. The van der Waals surface area contributed by atoms with E-state index in [1.54, 1.807) is 67.6 Å². The van der Waals surface area contributed by atoms with Crippen LogP contribution in [0.4, 0.5) is 5.82 Å². The second-order valence-corrected chi connectivity index (χ2v) is 8.29. The van der Waals surface area contributed by atoms with Gasteiger partial charge in [-0.3, -0.25) is 9.59 Å². The number of carbonyl (C=O) groups excluding carboxylic acids is 1. The monoisotopic (exact) mass is 455 g/mol. The third-order valence-electron chi connectivity index (χ3n) is 4.42. The van der Waals surface area contributed by atoms with Crippen molar-refractivity contribution in [2.75, 3.05) is 5.32 Å². The van der Waals surface area contributed by atoms with Gasteiger partial charge in [-0.15, -0.1) is 11.3 Å². The highest BCUT2D eigenvalue weighted by molar-refractivity contribution is 7.12. The Bertz CT molecular complexity index is 1280. The molecular formula is C22H15Cl2N3O2S. The van der Waals surface area contributed by atoms with Gasteiger partial charge < -0.3 is 5.32 Å². The van der Waals surface area contributed by atoms with Gasteiger partial charge >= 0.3 is 0 Å². The number of halogens is 2. The topological polar surface area (TPSA) is 64.0 Å². The van der Waals surface area contributed by atoms with Crippen LogP contribution < -0.4 is 10.7 Å². The number of hydrogen-bond donors (Lipinski definition) is 1. The molecular weight excluding hydrogens is 441 g/mol. The van der Waals surface area contributed by atoms with E-state index in [2.05, 4.69) is 10.4 Å². The summed E-state index contributed by atoms with van der Waals surface area (Å²) in [7, 11) is 0. The maximum atomic E-state index is 13.1. The minimum absolute atomic E-state index is 0.258. The lowest BCUT2D eigenvalue weighted by Gasteiger charge is -2.18. The molecule has 4 rings (SSSR count). The fourth-order valence-electron chi connectivity index (χ4n) is 3.01. The van der Waals surface area contributed by atoms with Gasteiger partial charge in [0.15, 0.2) is 0 Å². The lowest BCUT2D eigenvalue weighted by Crippen LogP contribution is -2.24. The molecule has 5 nitrogen and oxygen atoms in total. The first-order valence-corrected chi connectivity index (χ1v) is 10.6. The fourth-order valence-corrected chi connectivity index (χ4v) is 3.94. The highest BCUT2D eigenvalue weighted by Gasteiger charge is 2.21. The molecule has 2 aromatic heterocycles. The molecule has 150 valence electrons. The number of carbonyl (C=O) groups is 1. The molecule has 0 bridgehead atoms. The number of aryl methyl sites for hydroxylation is 1. The maximum Gasteiger partial charge on any atom is 0.266 e. The number of thiophene rings is 1. The molecule has 1 N–H and O–H groups in total. The number of anilines is 1. The van der Waals surface area contributed by atoms with Crippen molar-refractivity contribution in [3.63, 3.8) is 0 Å². The van der Waals surface area contributed by atoms with Crippen LogP contribution in [0.2, 0.25) is 10.0 Å². The van der Waals surface area contributed by atoms with E-state index in [4.69, 9.17) is 23.2 Å². The maximum absolute atomic E-state index is 13.1. The summed E-state index contributed by atoms with van der Waals surface area (Å²) in [6, 6.07) is 17.4. The van der Waals surface area contributed by atoms with Crippen LogP contribution in [-0.4, -0.2) is 15.7 Å². The molecule has 0 atom stereocenters. The van der Waals surface area contributed by atoms with E-state index in [0.29, 0.717) is 31.7 Å². The highest BCUT2D eigenvalue weighted by atomic mass is 35.5. The van der Waals surface area contributed by atoms with Gasteiger partial charge in [-0.05, 0) is 54.3 Å². The zero-order valence-corrected chi connectivity index (χ0v) is 18.1. The molecule has 0 radical (unpaired) electrons. The molecule has 2 aromatic carbocycles. The van der Waals surface area contributed by atoms with E-state index in [9.17, 15) is 9.59 Å². The van der Waals surface area contributed by atoms with Gasteiger partial charge in [-0.25, -0.2) is 4.68 Å². The zero-order chi connectivity index (χ0) is 21.3. The van der Waals surface area contributed by atoms with Gasteiger partial charge in [0.2, 0.25) is 5.43 Å². The van der Waals surface area contributed by atoms with Crippen molar-refractivity contribution in [3.8, 4) is 16.8 Å². The number of aromatic nitrogens is 2. The van der Waals surface area contributed by atoms with Crippen molar-refractivity contribution in [2.24, 2.45) is 0 Å². The first-order valence-electron chi connectivity index (χ1n) is 8.94. The number of hydrogen-bond acceptors (Lipinski definition) is 4. The molecule has 0 aliphatic carbocycles. The molecule has 8 heteroatoms. The summed E-state index contributed by atoms with van der Waals surface area (Å²) in [5.41, 5.74) is 1.56. The lowest BCUT2D eigenvalue weighted by molar-refractivity contribution is 0.102. The van der Waals surface area contributed by atoms with Gasteiger partial charge in [0.1, 0.15) is 11.5 Å². The molecule has 0 fully saturated rings. The van der Waals surface area contributed by atoms with Crippen molar-refractivity contribution in [1.82, 2.24) is 9.78 Å². The molecule has 2 heterocycles. The van der Waals surface area contributed by atoms with Crippen LogP contribution in [0.1, 0.15) is 15.4 Å². The van der Waals surface area contributed by atoms with E-state index in [1.165, 1.54) is 16.0 Å². The zero-order valence-electron chi connectivity index (χ0n) is 15.7. The van der Waals surface area contributed by atoms with E-state index in [0.717, 1.165) is 0 Å². The minimum Gasteiger partial charge on any atom is -0.305 e. The van der Waals surface area contributed by atoms with Gasteiger partial charge in [-0.1, -0.05) is 47.5 Å². The van der Waals surface area contributed by atoms with Crippen LogP contribution in [0.15, 0.2) is 70.8 Å². The average molecular weight is 456 g/mol. The van der Waals surface area contributed by atoms with Crippen LogP contribution in [0, 0.1) is 6.92 Å². The Morgan fingerprint density at radius 2 is 1.80 bits per heavy atom. The predicted octanol–water partition coefficient (Wildman–Crippen LogP) is 5.83. The van der Waals surface area contributed by atoms with Gasteiger partial charge in [-0.2, -0.15) is 5.10 Å². The number of nitrogens with one attached hydrogen (secondary N) is 1. The molecule has 0 unspecified atom stereocenters. The van der Waals surface area contributed by atoms with Crippen molar-refractivity contribution in [3.05, 3.63) is 96.9 Å².